The molecule has 3 N–H and O–H groups in total. The van der Waals surface area contributed by atoms with E-state index in [0.29, 0.717) is 5.92 Å². The molecule has 4 heteroatoms. The summed E-state index contributed by atoms with van der Waals surface area (Å²) in [5, 5.41) is 3.87. The topological polar surface area (TPSA) is 67.5 Å². The van der Waals surface area contributed by atoms with Crippen LogP contribution in [0.4, 0.5) is 4.79 Å². The summed E-state index contributed by atoms with van der Waals surface area (Å²) in [4.78, 5) is 10.3. The Kier molecular flexibility index (Phi) is 2.47. The predicted octanol–water partition coefficient (Wildman–Crippen LogP) is 0.997. The van der Waals surface area contributed by atoms with E-state index < -0.39 is 6.03 Å². The van der Waals surface area contributed by atoms with Crippen molar-refractivity contribution in [2.24, 2.45) is 16.8 Å². The maximum absolute atomic E-state index is 10.3. The van der Waals surface area contributed by atoms with Crippen LogP contribution in [-0.2, 0) is 0 Å². The first-order chi connectivity index (χ1) is 5.59. The Balaban J connectivity index is 2.62. The summed E-state index contributed by atoms with van der Waals surface area (Å²) >= 11 is 0. The van der Waals surface area contributed by atoms with Crippen molar-refractivity contribution in [1.82, 2.24) is 5.43 Å². The van der Waals surface area contributed by atoms with E-state index in [1.54, 1.807) is 0 Å². The minimum absolute atomic E-state index is 0.386. The third kappa shape index (κ3) is 2.08. The summed E-state index contributed by atoms with van der Waals surface area (Å²) in [5.41, 5.74) is 9.27. The number of amides is 2. The standard InChI is InChI=1S/C8H13N3O/c1-5-3-6(2)7(4-5)10-11-8(9)12/h4,6H,3H2,1-2H3,(H3,9,11,12)/b10-7-. The van der Waals surface area contributed by atoms with Crippen molar-refractivity contribution >= 4 is 11.7 Å². The molecule has 1 aliphatic carbocycles. The normalized spacial score (nSPS) is 25.7. The van der Waals surface area contributed by atoms with Gasteiger partial charge >= 0.3 is 6.03 Å². The predicted molar refractivity (Wildman–Crippen MR) is 47.7 cm³/mol. The van der Waals surface area contributed by atoms with Crippen molar-refractivity contribution in [2.45, 2.75) is 20.3 Å². The van der Waals surface area contributed by atoms with Crippen LogP contribution in [-0.4, -0.2) is 11.7 Å². The van der Waals surface area contributed by atoms with Gasteiger partial charge in [-0.2, -0.15) is 5.10 Å². The maximum atomic E-state index is 10.3. The second-order valence-corrected chi connectivity index (χ2v) is 3.11. The molecule has 1 rings (SSSR count). The largest absolute Gasteiger partial charge is 0.350 e. The molecule has 4 nitrogen and oxygen atoms in total. The Morgan fingerprint density at radius 1 is 1.83 bits per heavy atom. The Bertz CT molecular complexity index is 255. The van der Waals surface area contributed by atoms with E-state index in [1.165, 1.54) is 5.57 Å². The fourth-order valence-corrected chi connectivity index (χ4v) is 1.30. The first-order valence-corrected chi connectivity index (χ1v) is 3.90. The van der Waals surface area contributed by atoms with Crippen molar-refractivity contribution in [2.75, 3.05) is 0 Å². The average molecular weight is 167 g/mol. The fourth-order valence-electron chi connectivity index (χ4n) is 1.30. The zero-order valence-corrected chi connectivity index (χ0v) is 7.29. The molecular weight excluding hydrogens is 154 g/mol. The molecular formula is C8H13N3O. The second kappa shape index (κ2) is 3.38. The Hall–Kier alpha value is -1.32. The van der Waals surface area contributed by atoms with Gasteiger partial charge in [-0.15, -0.1) is 0 Å². The highest BCUT2D eigenvalue weighted by molar-refractivity contribution is 6.00. The molecule has 12 heavy (non-hydrogen) atoms. The van der Waals surface area contributed by atoms with Crippen molar-refractivity contribution in [3.05, 3.63) is 11.6 Å². The first kappa shape index (κ1) is 8.77. The molecule has 1 unspecified atom stereocenters. The number of carbonyl (C=O) groups excluding carboxylic acids is 1. The molecule has 0 aromatic carbocycles. The van der Waals surface area contributed by atoms with E-state index in [1.807, 2.05) is 13.0 Å². The number of hydrogen-bond acceptors (Lipinski definition) is 2. The zero-order valence-electron chi connectivity index (χ0n) is 7.29. The van der Waals surface area contributed by atoms with E-state index in [4.69, 9.17) is 5.73 Å². The molecule has 2 amide bonds. The third-order valence-corrected chi connectivity index (χ3v) is 1.82. The fraction of sp³-hybridized carbons (Fsp3) is 0.500. The van der Waals surface area contributed by atoms with E-state index in [2.05, 4.69) is 17.5 Å². The molecule has 0 fully saturated rings. The zero-order chi connectivity index (χ0) is 9.14. The summed E-state index contributed by atoms with van der Waals surface area (Å²) in [6.07, 6.45) is 2.99. The number of hydrogen-bond donors (Lipinski definition) is 2. The molecule has 0 saturated carbocycles. The summed E-state index contributed by atoms with van der Waals surface area (Å²) in [6.45, 7) is 4.11. The maximum Gasteiger partial charge on any atom is 0.332 e. The van der Waals surface area contributed by atoms with Gasteiger partial charge in [-0.3, -0.25) is 0 Å². The number of nitrogens with one attached hydrogen (secondary N) is 1. The number of hydrazone groups is 1. The highest BCUT2D eigenvalue weighted by Gasteiger charge is 2.16. The highest BCUT2D eigenvalue weighted by Crippen LogP contribution is 2.21. The van der Waals surface area contributed by atoms with Crippen LogP contribution in [0.5, 0.6) is 0 Å². The summed E-state index contributed by atoms with van der Waals surface area (Å²) in [5.74, 6) is 0.386. The number of primary amides is 1. The van der Waals surface area contributed by atoms with Crippen LogP contribution in [0.2, 0.25) is 0 Å². The Morgan fingerprint density at radius 3 is 2.92 bits per heavy atom. The number of rotatable bonds is 1. The smallest absolute Gasteiger partial charge is 0.332 e. The molecule has 1 atom stereocenters. The first-order valence-electron chi connectivity index (χ1n) is 3.90. The summed E-state index contributed by atoms with van der Waals surface area (Å²) < 4.78 is 0. The van der Waals surface area contributed by atoms with Gasteiger partial charge in [-0.25, -0.2) is 10.2 Å². The van der Waals surface area contributed by atoms with Crippen molar-refractivity contribution in [3.8, 4) is 0 Å². The van der Waals surface area contributed by atoms with Gasteiger partial charge in [0.25, 0.3) is 0 Å². The molecule has 0 bridgehead atoms. The van der Waals surface area contributed by atoms with E-state index in [-0.39, 0.29) is 0 Å². The summed E-state index contributed by atoms with van der Waals surface area (Å²) in [7, 11) is 0. The molecule has 0 aliphatic heterocycles. The second-order valence-electron chi connectivity index (χ2n) is 3.11. The monoisotopic (exact) mass is 167 g/mol. The number of urea groups is 1. The van der Waals surface area contributed by atoms with Crippen molar-refractivity contribution < 1.29 is 4.79 Å². The van der Waals surface area contributed by atoms with Gasteiger partial charge in [-0.05, 0) is 19.4 Å². The lowest BCUT2D eigenvalue weighted by atomic mass is 10.1. The van der Waals surface area contributed by atoms with Gasteiger partial charge in [-0.1, -0.05) is 12.5 Å². The van der Waals surface area contributed by atoms with Crippen LogP contribution in [0.1, 0.15) is 20.3 Å². The number of nitrogens with two attached hydrogens (primary N) is 1. The van der Waals surface area contributed by atoms with Crippen LogP contribution < -0.4 is 11.2 Å². The van der Waals surface area contributed by atoms with Gasteiger partial charge in [0.05, 0.1) is 5.71 Å². The Morgan fingerprint density at radius 2 is 2.50 bits per heavy atom. The lowest BCUT2D eigenvalue weighted by Crippen LogP contribution is -2.26. The molecule has 66 valence electrons. The quantitative estimate of drug-likeness (QED) is 0.562. The minimum atomic E-state index is -0.618. The average Bonchev–Trinajstić information content (AvgIpc) is 2.26. The van der Waals surface area contributed by atoms with E-state index in [0.717, 1.165) is 12.1 Å². The SMILES string of the molecule is CC1=C/C(=N/NC(N)=O)C(C)C1. The van der Waals surface area contributed by atoms with Gasteiger partial charge in [0, 0.05) is 5.92 Å². The van der Waals surface area contributed by atoms with Crippen LogP contribution in [0.3, 0.4) is 0 Å². The van der Waals surface area contributed by atoms with Gasteiger partial charge < -0.3 is 5.73 Å². The molecule has 1 aliphatic rings. The number of carbonyl (C=O) groups is 1. The number of nitrogens with zero attached hydrogens (tertiary/aromatic N) is 1. The van der Waals surface area contributed by atoms with Gasteiger partial charge in [0.2, 0.25) is 0 Å². The van der Waals surface area contributed by atoms with Gasteiger partial charge in [0.1, 0.15) is 0 Å². The van der Waals surface area contributed by atoms with Crippen LogP contribution in [0.25, 0.3) is 0 Å². The molecule has 0 radical (unpaired) electrons. The highest BCUT2D eigenvalue weighted by atomic mass is 16.2. The summed E-state index contributed by atoms with van der Waals surface area (Å²) in [6, 6.07) is -0.618. The molecule has 0 heterocycles. The lowest BCUT2D eigenvalue weighted by molar-refractivity contribution is 0.249. The van der Waals surface area contributed by atoms with E-state index in [9.17, 15) is 4.79 Å². The molecule has 0 saturated heterocycles. The van der Waals surface area contributed by atoms with Crippen molar-refractivity contribution in [1.29, 1.82) is 0 Å². The van der Waals surface area contributed by atoms with Gasteiger partial charge in [0.15, 0.2) is 0 Å². The van der Waals surface area contributed by atoms with Crippen molar-refractivity contribution in [3.63, 3.8) is 0 Å². The lowest BCUT2D eigenvalue weighted by Gasteiger charge is -2.01. The third-order valence-electron chi connectivity index (χ3n) is 1.82. The Labute approximate surface area is 71.5 Å². The van der Waals surface area contributed by atoms with Crippen LogP contribution in [0, 0.1) is 5.92 Å². The number of allylic oxidation sites excluding steroid dienone is 2. The minimum Gasteiger partial charge on any atom is -0.350 e. The van der Waals surface area contributed by atoms with Crippen LogP contribution >= 0.6 is 0 Å². The molecule has 0 aromatic rings. The molecule has 0 spiro atoms. The van der Waals surface area contributed by atoms with Crippen LogP contribution in [0.15, 0.2) is 16.8 Å². The van der Waals surface area contributed by atoms with E-state index >= 15 is 0 Å². The molecule has 0 aromatic heterocycles.